The molecule has 2 rings (SSSR count). The highest BCUT2D eigenvalue weighted by atomic mass is 79.9. The Morgan fingerprint density at radius 2 is 2.24 bits per heavy atom. The monoisotopic (exact) mass is 300 g/mol. The third-order valence-corrected chi connectivity index (χ3v) is 3.44. The largest absolute Gasteiger partial charge is 0.490 e. The first-order chi connectivity index (χ1) is 8.01. The Hall–Kier alpha value is -1.10. The molecule has 92 valence electrons. The molecule has 3 nitrogen and oxygen atoms in total. The van der Waals surface area contributed by atoms with E-state index in [0.29, 0.717) is 17.5 Å². The second kappa shape index (κ2) is 4.64. The number of nitrogens with two attached hydrogens (primary N) is 1. The zero-order chi connectivity index (χ0) is 12.5. The van der Waals surface area contributed by atoms with E-state index < -0.39 is 0 Å². The smallest absolute Gasteiger partial charge is 0.166 e. The Kier molecular flexibility index (Phi) is 3.38. The second-order valence-corrected chi connectivity index (χ2v) is 5.48. The van der Waals surface area contributed by atoms with Gasteiger partial charge in [0.2, 0.25) is 0 Å². The molecular weight excluding hydrogens is 287 g/mol. The lowest BCUT2D eigenvalue weighted by Gasteiger charge is -2.15. The lowest BCUT2D eigenvalue weighted by Crippen LogP contribution is -2.22. The van der Waals surface area contributed by atoms with Gasteiger partial charge in [0.1, 0.15) is 0 Å². The van der Waals surface area contributed by atoms with Gasteiger partial charge in [0.05, 0.1) is 12.4 Å². The van der Waals surface area contributed by atoms with Gasteiger partial charge in [0.25, 0.3) is 0 Å². The van der Waals surface area contributed by atoms with Crippen LogP contribution in [0.5, 0.6) is 5.75 Å². The highest BCUT2D eigenvalue weighted by Gasteiger charge is 2.44. The van der Waals surface area contributed by atoms with Gasteiger partial charge in [-0.25, -0.2) is 4.39 Å². The van der Waals surface area contributed by atoms with Crippen LogP contribution in [0.25, 0.3) is 0 Å². The van der Waals surface area contributed by atoms with Gasteiger partial charge in [0.15, 0.2) is 11.6 Å². The van der Waals surface area contributed by atoms with Crippen molar-refractivity contribution in [2.75, 3.05) is 6.61 Å². The zero-order valence-corrected chi connectivity index (χ0v) is 10.9. The molecule has 0 spiro atoms. The van der Waals surface area contributed by atoms with Crippen molar-refractivity contribution >= 4 is 21.8 Å². The first kappa shape index (κ1) is 12.4. The third-order valence-electron chi connectivity index (χ3n) is 2.95. The Labute approximate surface area is 108 Å². The Morgan fingerprint density at radius 3 is 2.76 bits per heavy atom. The Morgan fingerprint density at radius 1 is 1.53 bits per heavy atom. The molecule has 1 aliphatic carbocycles. The summed E-state index contributed by atoms with van der Waals surface area (Å²) in [5.74, 6) is 0.0448. The summed E-state index contributed by atoms with van der Waals surface area (Å²) in [7, 11) is 0. The number of rotatable bonds is 5. The standard InChI is InChI=1S/C12H14BrFN2O/c13-8-1-2-10(9(14)5-8)17-7-12(3-4-12)6-11(15)16/h1-2,5H,3-4,6-7H2,(H3,15,16). The molecule has 0 bridgehead atoms. The molecule has 1 fully saturated rings. The molecule has 3 N–H and O–H groups in total. The first-order valence-corrected chi connectivity index (χ1v) is 6.21. The number of hydrogen-bond acceptors (Lipinski definition) is 2. The van der Waals surface area contributed by atoms with Crippen LogP contribution in [0.3, 0.4) is 0 Å². The summed E-state index contributed by atoms with van der Waals surface area (Å²) in [6.45, 7) is 0.422. The molecule has 0 atom stereocenters. The number of benzene rings is 1. The summed E-state index contributed by atoms with van der Waals surface area (Å²) in [5.41, 5.74) is 5.35. The molecular formula is C12H14BrFN2O. The van der Waals surface area contributed by atoms with Gasteiger partial charge in [-0.05, 0) is 31.0 Å². The van der Waals surface area contributed by atoms with Crippen LogP contribution in [-0.2, 0) is 0 Å². The van der Waals surface area contributed by atoms with Crippen LogP contribution in [0.2, 0.25) is 0 Å². The van der Waals surface area contributed by atoms with Crippen LogP contribution in [0.4, 0.5) is 4.39 Å². The lowest BCUT2D eigenvalue weighted by molar-refractivity contribution is 0.229. The summed E-state index contributed by atoms with van der Waals surface area (Å²) in [4.78, 5) is 0. The molecule has 0 saturated heterocycles. The molecule has 0 heterocycles. The quantitative estimate of drug-likeness (QED) is 0.648. The van der Waals surface area contributed by atoms with Crippen LogP contribution >= 0.6 is 15.9 Å². The molecule has 1 aliphatic rings. The van der Waals surface area contributed by atoms with Crippen molar-refractivity contribution in [3.63, 3.8) is 0 Å². The van der Waals surface area contributed by atoms with Crippen LogP contribution in [0.15, 0.2) is 22.7 Å². The van der Waals surface area contributed by atoms with E-state index in [-0.39, 0.29) is 22.8 Å². The van der Waals surface area contributed by atoms with E-state index in [4.69, 9.17) is 15.9 Å². The van der Waals surface area contributed by atoms with E-state index in [1.165, 1.54) is 6.07 Å². The lowest BCUT2D eigenvalue weighted by atomic mass is 10.0. The fraction of sp³-hybridized carbons (Fsp3) is 0.417. The van der Waals surface area contributed by atoms with E-state index in [1.54, 1.807) is 12.1 Å². The van der Waals surface area contributed by atoms with Gasteiger partial charge in [0, 0.05) is 16.3 Å². The molecule has 1 aromatic rings. The van der Waals surface area contributed by atoms with E-state index in [0.717, 1.165) is 12.8 Å². The number of ether oxygens (including phenoxy) is 1. The van der Waals surface area contributed by atoms with E-state index in [2.05, 4.69) is 15.9 Å². The van der Waals surface area contributed by atoms with E-state index >= 15 is 0 Å². The molecule has 0 radical (unpaired) electrons. The maximum Gasteiger partial charge on any atom is 0.166 e. The molecule has 0 unspecified atom stereocenters. The normalized spacial score (nSPS) is 16.6. The van der Waals surface area contributed by atoms with Crippen LogP contribution in [0, 0.1) is 16.6 Å². The number of amidine groups is 1. The summed E-state index contributed by atoms with van der Waals surface area (Å²) in [5, 5.41) is 7.29. The number of hydrogen-bond donors (Lipinski definition) is 2. The molecule has 1 saturated carbocycles. The average molecular weight is 301 g/mol. The van der Waals surface area contributed by atoms with Crippen LogP contribution in [0.1, 0.15) is 19.3 Å². The Bertz CT molecular complexity index is 446. The van der Waals surface area contributed by atoms with Crippen molar-refractivity contribution in [2.24, 2.45) is 11.1 Å². The maximum absolute atomic E-state index is 13.5. The highest BCUT2D eigenvalue weighted by molar-refractivity contribution is 9.10. The van der Waals surface area contributed by atoms with Gasteiger partial charge < -0.3 is 10.5 Å². The maximum atomic E-state index is 13.5. The minimum atomic E-state index is -0.377. The van der Waals surface area contributed by atoms with Crippen LogP contribution < -0.4 is 10.5 Å². The SMILES string of the molecule is N=C(N)CC1(COc2ccc(Br)cc2F)CC1. The van der Waals surface area contributed by atoms with Crippen molar-refractivity contribution < 1.29 is 9.13 Å². The van der Waals surface area contributed by atoms with Crippen molar-refractivity contribution in [3.05, 3.63) is 28.5 Å². The predicted molar refractivity (Wildman–Crippen MR) is 67.8 cm³/mol. The van der Waals surface area contributed by atoms with Gasteiger partial charge in [-0.2, -0.15) is 0 Å². The van der Waals surface area contributed by atoms with Crippen molar-refractivity contribution in [3.8, 4) is 5.75 Å². The number of halogens is 2. The zero-order valence-electron chi connectivity index (χ0n) is 9.30. The van der Waals surface area contributed by atoms with Gasteiger partial charge >= 0.3 is 0 Å². The molecule has 5 heteroatoms. The Balaban J connectivity index is 1.96. The summed E-state index contributed by atoms with van der Waals surface area (Å²) >= 11 is 3.19. The fourth-order valence-corrected chi connectivity index (χ4v) is 2.11. The third kappa shape index (κ3) is 3.19. The van der Waals surface area contributed by atoms with Gasteiger partial charge in [-0.3, -0.25) is 5.41 Å². The van der Waals surface area contributed by atoms with Crippen molar-refractivity contribution in [1.82, 2.24) is 0 Å². The van der Waals surface area contributed by atoms with Gasteiger partial charge in [-0.1, -0.05) is 15.9 Å². The second-order valence-electron chi connectivity index (χ2n) is 4.57. The molecule has 0 aliphatic heterocycles. The number of nitrogens with one attached hydrogen (secondary N) is 1. The van der Waals surface area contributed by atoms with E-state index in [1.807, 2.05) is 0 Å². The van der Waals surface area contributed by atoms with Gasteiger partial charge in [-0.15, -0.1) is 0 Å². The summed E-state index contributed by atoms with van der Waals surface area (Å²) in [6, 6.07) is 4.71. The topological polar surface area (TPSA) is 59.1 Å². The minimum Gasteiger partial charge on any atom is -0.490 e. The molecule has 0 aromatic heterocycles. The fourth-order valence-electron chi connectivity index (χ4n) is 1.78. The van der Waals surface area contributed by atoms with Crippen molar-refractivity contribution in [1.29, 1.82) is 5.41 Å². The average Bonchev–Trinajstić information content (AvgIpc) is 2.96. The minimum absolute atomic E-state index is 0.0364. The first-order valence-electron chi connectivity index (χ1n) is 5.42. The van der Waals surface area contributed by atoms with E-state index in [9.17, 15) is 4.39 Å². The van der Waals surface area contributed by atoms with Crippen molar-refractivity contribution in [2.45, 2.75) is 19.3 Å². The highest BCUT2D eigenvalue weighted by Crippen LogP contribution is 2.49. The van der Waals surface area contributed by atoms with Crippen LogP contribution in [-0.4, -0.2) is 12.4 Å². The summed E-state index contributed by atoms with van der Waals surface area (Å²) in [6.07, 6.45) is 2.51. The predicted octanol–water partition coefficient (Wildman–Crippen LogP) is 3.07. The molecule has 0 amide bonds. The summed E-state index contributed by atoms with van der Waals surface area (Å²) < 4.78 is 19.6. The molecule has 17 heavy (non-hydrogen) atoms. The molecule has 1 aromatic carbocycles.